The number of rotatable bonds is 5. The van der Waals surface area contributed by atoms with Gasteiger partial charge in [0, 0.05) is 5.69 Å². The summed E-state index contributed by atoms with van der Waals surface area (Å²) in [4.78, 5) is 10.4. The number of anilines is 1. The van der Waals surface area contributed by atoms with Gasteiger partial charge in [-0.05, 0) is 18.1 Å². The Kier molecular flexibility index (Phi) is 3.73. The third-order valence-electron chi connectivity index (χ3n) is 1.81. The molecular weight excluding hydrogens is 178 g/mol. The van der Waals surface area contributed by atoms with Crippen molar-refractivity contribution < 1.29 is 9.90 Å². The molecular formula is C11H13NO2. The Morgan fingerprint density at radius 2 is 2.21 bits per heavy atom. The molecule has 0 saturated heterocycles. The molecule has 3 heteroatoms. The maximum absolute atomic E-state index is 10.4. The zero-order chi connectivity index (χ0) is 10.4. The number of hydrogen-bond donors (Lipinski definition) is 2. The van der Waals surface area contributed by atoms with Gasteiger partial charge in [0.15, 0.2) is 0 Å². The number of aliphatic carboxylic acids is 1. The maximum Gasteiger partial charge on any atom is 0.322 e. The molecule has 14 heavy (non-hydrogen) atoms. The minimum absolute atomic E-state index is 0.0614. The lowest BCUT2D eigenvalue weighted by Crippen LogP contribution is -2.13. The van der Waals surface area contributed by atoms with Crippen LogP contribution in [0.25, 0.3) is 0 Å². The third-order valence-corrected chi connectivity index (χ3v) is 1.81. The second-order valence-electron chi connectivity index (χ2n) is 2.90. The first-order valence-electron chi connectivity index (χ1n) is 4.38. The summed E-state index contributed by atoms with van der Waals surface area (Å²) in [5.74, 6) is -0.863. The van der Waals surface area contributed by atoms with Gasteiger partial charge in [-0.1, -0.05) is 24.3 Å². The second kappa shape index (κ2) is 5.07. The molecule has 0 bridgehead atoms. The van der Waals surface area contributed by atoms with Crippen LogP contribution in [0.1, 0.15) is 5.56 Å². The smallest absolute Gasteiger partial charge is 0.322 e. The van der Waals surface area contributed by atoms with Crippen LogP contribution in [0.2, 0.25) is 0 Å². The first-order chi connectivity index (χ1) is 6.74. The van der Waals surface area contributed by atoms with Gasteiger partial charge in [0.05, 0.1) is 0 Å². The van der Waals surface area contributed by atoms with Crippen molar-refractivity contribution in [1.82, 2.24) is 0 Å². The number of allylic oxidation sites excluding steroid dienone is 1. The molecule has 0 radical (unpaired) electrons. The van der Waals surface area contributed by atoms with E-state index in [4.69, 9.17) is 5.11 Å². The zero-order valence-corrected chi connectivity index (χ0v) is 7.86. The number of benzene rings is 1. The highest BCUT2D eigenvalue weighted by molar-refractivity contribution is 5.73. The summed E-state index contributed by atoms with van der Waals surface area (Å²) < 4.78 is 0. The number of carbonyl (C=O) groups is 1. The molecule has 0 atom stereocenters. The van der Waals surface area contributed by atoms with Crippen LogP contribution in [-0.2, 0) is 11.2 Å². The van der Waals surface area contributed by atoms with Crippen LogP contribution in [0, 0.1) is 0 Å². The molecule has 0 aliphatic carbocycles. The Balaban J connectivity index is 2.73. The third kappa shape index (κ3) is 2.94. The van der Waals surface area contributed by atoms with E-state index in [1.54, 1.807) is 6.08 Å². The van der Waals surface area contributed by atoms with Crippen LogP contribution in [-0.4, -0.2) is 17.6 Å². The highest BCUT2D eigenvalue weighted by Gasteiger charge is 2.01. The predicted molar refractivity (Wildman–Crippen MR) is 56.5 cm³/mol. The molecule has 74 valence electrons. The van der Waals surface area contributed by atoms with E-state index >= 15 is 0 Å². The lowest BCUT2D eigenvalue weighted by Gasteiger charge is -2.08. The van der Waals surface area contributed by atoms with Crippen LogP contribution in [0.3, 0.4) is 0 Å². The average molecular weight is 191 g/mol. The van der Waals surface area contributed by atoms with Crippen molar-refractivity contribution in [1.29, 1.82) is 0 Å². The fraction of sp³-hybridized carbons (Fsp3) is 0.182. The van der Waals surface area contributed by atoms with Crippen molar-refractivity contribution in [3.63, 3.8) is 0 Å². The van der Waals surface area contributed by atoms with Crippen molar-refractivity contribution in [2.75, 3.05) is 11.9 Å². The van der Waals surface area contributed by atoms with Crippen LogP contribution in [0.15, 0.2) is 36.9 Å². The van der Waals surface area contributed by atoms with Crippen LogP contribution >= 0.6 is 0 Å². The molecule has 0 amide bonds. The lowest BCUT2D eigenvalue weighted by atomic mass is 10.1. The monoisotopic (exact) mass is 191 g/mol. The fourth-order valence-corrected chi connectivity index (χ4v) is 1.20. The first-order valence-corrected chi connectivity index (χ1v) is 4.38. The summed E-state index contributed by atoms with van der Waals surface area (Å²) >= 11 is 0. The lowest BCUT2D eigenvalue weighted by molar-refractivity contribution is -0.134. The summed E-state index contributed by atoms with van der Waals surface area (Å²) in [5.41, 5.74) is 1.92. The molecule has 0 aliphatic rings. The minimum atomic E-state index is -0.863. The second-order valence-corrected chi connectivity index (χ2v) is 2.90. The maximum atomic E-state index is 10.4. The van der Waals surface area contributed by atoms with Crippen molar-refractivity contribution in [2.45, 2.75) is 6.42 Å². The molecule has 3 nitrogen and oxygen atoms in total. The summed E-state index contributed by atoms with van der Waals surface area (Å²) in [5, 5.41) is 11.4. The minimum Gasteiger partial charge on any atom is -0.480 e. The van der Waals surface area contributed by atoms with E-state index < -0.39 is 5.97 Å². The van der Waals surface area contributed by atoms with E-state index in [0.717, 1.165) is 17.7 Å². The molecule has 0 spiro atoms. The molecule has 0 unspecified atom stereocenters. The largest absolute Gasteiger partial charge is 0.480 e. The van der Waals surface area contributed by atoms with Gasteiger partial charge < -0.3 is 10.4 Å². The van der Waals surface area contributed by atoms with Gasteiger partial charge in [-0.2, -0.15) is 0 Å². The average Bonchev–Trinajstić information content (AvgIpc) is 2.17. The molecule has 1 rings (SSSR count). The standard InChI is InChI=1S/C11H13NO2/c1-2-5-9-6-3-4-7-10(9)12-8-11(13)14/h2-4,6-7,12H,1,5,8H2,(H,13,14). The highest BCUT2D eigenvalue weighted by Crippen LogP contribution is 2.15. The van der Waals surface area contributed by atoms with Crippen molar-refractivity contribution in [2.24, 2.45) is 0 Å². The normalized spacial score (nSPS) is 9.43. The van der Waals surface area contributed by atoms with Gasteiger partial charge in [0.2, 0.25) is 0 Å². The molecule has 0 heterocycles. The molecule has 0 aliphatic heterocycles. The molecule has 0 aromatic heterocycles. The summed E-state index contributed by atoms with van der Waals surface area (Å²) in [6, 6.07) is 7.61. The molecule has 0 saturated carbocycles. The van der Waals surface area contributed by atoms with Crippen molar-refractivity contribution >= 4 is 11.7 Å². The quantitative estimate of drug-likeness (QED) is 0.699. The van der Waals surface area contributed by atoms with E-state index in [-0.39, 0.29) is 6.54 Å². The molecule has 1 aromatic carbocycles. The summed E-state index contributed by atoms with van der Waals surface area (Å²) in [6.07, 6.45) is 2.53. The number of nitrogens with one attached hydrogen (secondary N) is 1. The zero-order valence-electron chi connectivity index (χ0n) is 7.86. The van der Waals surface area contributed by atoms with Crippen molar-refractivity contribution in [3.05, 3.63) is 42.5 Å². The number of carboxylic acid groups (broad SMARTS) is 1. The van der Waals surface area contributed by atoms with E-state index in [0.29, 0.717) is 0 Å². The van der Waals surface area contributed by atoms with E-state index in [1.807, 2.05) is 24.3 Å². The number of hydrogen-bond acceptors (Lipinski definition) is 2. The molecule has 2 N–H and O–H groups in total. The van der Waals surface area contributed by atoms with E-state index in [2.05, 4.69) is 11.9 Å². The van der Waals surface area contributed by atoms with Gasteiger partial charge in [-0.15, -0.1) is 6.58 Å². The summed E-state index contributed by atoms with van der Waals surface area (Å²) in [6.45, 7) is 3.59. The Morgan fingerprint density at radius 1 is 1.50 bits per heavy atom. The predicted octanol–water partition coefficient (Wildman–Crippen LogP) is 1.91. The Labute approximate surface area is 83.1 Å². The van der Waals surface area contributed by atoms with Gasteiger partial charge >= 0.3 is 5.97 Å². The molecule has 0 fully saturated rings. The van der Waals surface area contributed by atoms with Gasteiger partial charge in [-0.3, -0.25) is 4.79 Å². The topological polar surface area (TPSA) is 49.3 Å². The Morgan fingerprint density at radius 3 is 2.86 bits per heavy atom. The van der Waals surface area contributed by atoms with E-state index in [9.17, 15) is 4.79 Å². The van der Waals surface area contributed by atoms with Gasteiger partial charge in [-0.25, -0.2) is 0 Å². The first kappa shape index (κ1) is 10.3. The molecule has 1 aromatic rings. The van der Waals surface area contributed by atoms with Gasteiger partial charge in [0.25, 0.3) is 0 Å². The fourth-order valence-electron chi connectivity index (χ4n) is 1.20. The summed E-state index contributed by atoms with van der Waals surface area (Å²) in [7, 11) is 0. The van der Waals surface area contributed by atoms with Crippen molar-refractivity contribution in [3.8, 4) is 0 Å². The van der Waals surface area contributed by atoms with Crippen LogP contribution in [0.4, 0.5) is 5.69 Å². The Hall–Kier alpha value is -1.77. The van der Waals surface area contributed by atoms with Crippen LogP contribution < -0.4 is 5.32 Å². The number of carboxylic acids is 1. The van der Waals surface area contributed by atoms with Gasteiger partial charge in [0.1, 0.15) is 6.54 Å². The Bertz CT molecular complexity index is 334. The SMILES string of the molecule is C=CCc1ccccc1NCC(=O)O. The number of para-hydroxylation sites is 1. The van der Waals surface area contributed by atoms with E-state index in [1.165, 1.54) is 0 Å². The van der Waals surface area contributed by atoms with Crippen LogP contribution in [0.5, 0.6) is 0 Å². The highest BCUT2D eigenvalue weighted by atomic mass is 16.4.